The van der Waals surface area contributed by atoms with E-state index < -0.39 is 0 Å². The number of piperidine rings is 1. The lowest BCUT2D eigenvalue weighted by Gasteiger charge is -2.35. The van der Waals surface area contributed by atoms with Gasteiger partial charge in [0.05, 0.1) is 11.6 Å². The average molecular weight is 360 g/mol. The van der Waals surface area contributed by atoms with Crippen LogP contribution in [0.5, 0.6) is 5.75 Å². The second-order valence-electron chi connectivity index (χ2n) is 5.78. The maximum absolute atomic E-state index is 12.4. The molecule has 2 rings (SSSR count). The first-order valence-corrected chi connectivity index (χ1v) is 8.85. The van der Waals surface area contributed by atoms with E-state index in [1.165, 1.54) is 0 Å². The SMILES string of the molecule is O=C(CCCOc1ccc(Cl)cc1Cl)N1CCCCC1CCO. The molecule has 1 N–H and O–H groups in total. The van der Waals surface area contributed by atoms with Gasteiger partial charge in [-0.05, 0) is 50.3 Å². The van der Waals surface area contributed by atoms with Gasteiger partial charge >= 0.3 is 0 Å². The Hall–Kier alpha value is -0.970. The first kappa shape index (κ1) is 18.4. The fourth-order valence-corrected chi connectivity index (χ4v) is 3.38. The minimum absolute atomic E-state index is 0.132. The minimum Gasteiger partial charge on any atom is -0.492 e. The molecule has 23 heavy (non-hydrogen) atoms. The summed E-state index contributed by atoms with van der Waals surface area (Å²) in [6.45, 7) is 1.37. The lowest BCUT2D eigenvalue weighted by molar-refractivity contribution is -0.135. The molecule has 1 atom stereocenters. The van der Waals surface area contributed by atoms with E-state index in [0.717, 1.165) is 25.8 Å². The zero-order valence-electron chi connectivity index (χ0n) is 13.1. The predicted molar refractivity (Wildman–Crippen MR) is 92.2 cm³/mol. The summed E-state index contributed by atoms with van der Waals surface area (Å²) >= 11 is 11.9. The van der Waals surface area contributed by atoms with Gasteiger partial charge in [0.15, 0.2) is 0 Å². The fourth-order valence-electron chi connectivity index (χ4n) is 2.92. The molecule has 1 aromatic rings. The number of hydrogen-bond donors (Lipinski definition) is 1. The summed E-state index contributed by atoms with van der Waals surface area (Å²) in [5.41, 5.74) is 0. The van der Waals surface area contributed by atoms with Gasteiger partial charge in [0.1, 0.15) is 5.75 Å². The second kappa shape index (κ2) is 9.36. The van der Waals surface area contributed by atoms with Crippen molar-refractivity contribution in [3.05, 3.63) is 28.2 Å². The van der Waals surface area contributed by atoms with E-state index in [9.17, 15) is 4.79 Å². The summed E-state index contributed by atoms with van der Waals surface area (Å²) in [7, 11) is 0. The van der Waals surface area contributed by atoms with Crippen molar-refractivity contribution in [1.29, 1.82) is 0 Å². The Morgan fingerprint density at radius 1 is 1.35 bits per heavy atom. The predicted octanol–water partition coefficient (Wildman–Crippen LogP) is 3.92. The van der Waals surface area contributed by atoms with E-state index in [-0.39, 0.29) is 18.6 Å². The van der Waals surface area contributed by atoms with Crippen LogP contribution in [0.3, 0.4) is 0 Å². The monoisotopic (exact) mass is 359 g/mol. The van der Waals surface area contributed by atoms with Crippen LogP contribution in [0, 0.1) is 0 Å². The normalized spacial score (nSPS) is 18.0. The van der Waals surface area contributed by atoms with Crippen LogP contribution in [-0.4, -0.2) is 41.7 Å². The summed E-state index contributed by atoms with van der Waals surface area (Å²) in [5, 5.41) is 10.2. The van der Waals surface area contributed by atoms with E-state index in [1.54, 1.807) is 18.2 Å². The Balaban J connectivity index is 1.75. The molecular formula is C17H23Cl2NO3. The maximum Gasteiger partial charge on any atom is 0.222 e. The van der Waals surface area contributed by atoms with Gasteiger partial charge in [-0.25, -0.2) is 0 Å². The molecule has 1 aliphatic rings. The number of nitrogens with zero attached hydrogens (tertiary/aromatic N) is 1. The Morgan fingerprint density at radius 2 is 2.17 bits per heavy atom. The van der Waals surface area contributed by atoms with Gasteiger partial charge in [-0.2, -0.15) is 0 Å². The van der Waals surface area contributed by atoms with Gasteiger partial charge in [0.2, 0.25) is 5.91 Å². The van der Waals surface area contributed by atoms with Crippen LogP contribution in [-0.2, 0) is 4.79 Å². The molecule has 128 valence electrons. The maximum atomic E-state index is 12.4. The molecule has 1 fully saturated rings. The van der Waals surface area contributed by atoms with Crippen molar-refractivity contribution in [1.82, 2.24) is 4.90 Å². The van der Waals surface area contributed by atoms with Crippen LogP contribution in [0.4, 0.5) is 0 Å². The number of likely N-dealkylation sites (tertiary alicyclic amines) is 1. The number of hydrogen-bond acceptors (Lipinski definition) is 3. The van der Waals surface area contributed by atoms with Crippen molar-refractivity contribution in [3.63, 3.8) is 0 Å². The lowest BCUT2D eigenvalue weighted by atomic mass is 9.99. The first-order chi connectivity index (χ1) is 11.1. The van der Waals surface area contributed by atoms with Crippen molar-refractivity contribution in [2.24, 2.45) is 0 Å². The van der Waals surface area contributed by atoms with Gasteiger partial charge in [-0.15, -0.1) is 0 Å². The molecular weight excluding hydrogens is 337 g/mol. The topological polar surface area (TPSA) is 49.8 Å². The first-order valence-electron chi connectivity index (χ1n) is 8.10. The summed E-state index contributed by atoms with van der Waals surface area (Å²) < 4.78 is 5.60. The van der Waals surface area contributed by atoms with Crippen molar-refractivity contribution in [2.45, 2.75) is 44.6 Å². The highest BCUT2D eigenvalue weighted by atomic mass is 35.5. The molecule has 1 unspecified atom stereocenters. The van der Waals surface area contributed by atoms with Gasteiger partial charge in [-0.1, -0.05) is 23.2 Å². The summed E-state index contributed by atoms with van der Waals surface area (Å²) in [4.78, 5) is 14.3. The van der Waals surface area contributed by atoms with Crippen molar-refractivity contribution >= 4 is 29.1 Å². The molecule has 1 aliphatic heterocycles. The molecule has 4 nitrogen and oxygen atoms in total. The highest BCUT2D eigenvalue weighted by Crippen LogP contribution is 2.27. The third-order valence-corrected chi connectivity index (χ3v) is 4.63. The van der Waals surface area contributed by atoms with Gasteiger partial charge in [-0.3, -0.25) is 4.79 Å². The summed E-state index contributed by atoms with van der Waals surface area (Å²) in [6.07, 6.45) is 4.93. The average Bonchev–Trinajstić information content (AvgIpc) is 2.54. The second-order valence-corrected chi connectivity index (χ2v) is 6.62. The van der Waals surface area contributed by atoms with Crippen LogP contribution in [0.2, 0.25) is 10.0 Å². The molecule has 6 heteroatoms. The zero-order valence-corrected chi connectivity index (χ0v) is 14.7. The summed E-state index contributed by atoms with van der Waals surface area (Å²) in [5.74, 6) is 0.730. The number of aliphatic hydroxyl groups is 1. The minimum atomic E-state index is 0.132. The third-order valence-electron chi connectivity index (χ3n) is 4.10. The molecule has 1 aromatic carbocycles. The number of rotatable bonds is 7. The Morgan fingerprint density at radius 3 is 2.91 bits per heavy atom. The molecule has 0 spiro atoms. The number of halogens is 2. The Kier molecular flexibility index (Phi) is 7.47. The van der Waals surface area contributed by atoms with E-state index in [0.29, 0.717) is 41.7 Å². The Labute approximate surface area is 147 Å². The third kappa shape index (κ3) is 5.55. The molecule has 0 radical (unpaired) electrons. The number of aliphatic hydroxyl groups excluding tert-OH is 1. The molecule has 0 saturated carbocycles. The standard InChI is InChI=1S/C17H23Cl2NO3/c18-13-6-7-16(15(19)12-13)23-11-3-5-17(22)20-9-2-1-4-14(20)8-10-21/h6-7,12,14,21H,1-5,8-11H2. The molecule has 0 aliphatic carbocycles. The van der Waals surface area contributed by atoms with Crippen LogP contribution in [0.15, 0.2) is 18.2 Å². The van der Waals surface area contributed by atoms with Crippen LogP contribution >= 0.6 is 23.2 Å². The molecule has 1 amide bonds. The van der Waals surface area contributed by atoms with E-state index in [2.05, 4.69) is 0 Å². The van der Waals surface area contributed by atoms with Crippen LogP contribution < -0.4 is 4.74 Å². The number of carbonyl (C=O) groups excluding carboxylic acids is 1. The lowest BCUT2D eigenvalue weighted by Crippen LogP contribution is -2.44. The van der Waals surface area contributed by atoms with Crippen LogP contribution in [0.1, 0.15) is 38.5 Å². The number of ether oxygens (including phenoxy) is 1. The Bertz CT molecular complexity index is 523. The van der Waals surface area contributed by atoms with Crippen molar-refractivity contribution < 1.29 is 14.6 Å². The van der Waals surface area contributed by atoms with E-state index >= 15 is 0 Å². The molecule has 0 bridgehead atoms. The number of benzene rings is 1. The largest absolute Gasteiger partial charge is 0.492 e. The fraction of sp³-hybridized carbons (Fsp3) is 0.588. The quantitative estimate of drug-likeness (QED) is 0.750. The van der Waals surface area contributed by atoms with Gasteiger partial charge in [0.25, 0.3) is 0 Å². The van der Waals surface area contributed by atoms with E-state index in [4.69, 9.17) is 33.0 Å². The highest BCUT2D eigenvalue weighted by molar-refractivity contribution is 6.35. The van der Waals surface area contributed by atoms with Crippen molar-refractivity contribution in [2.75, 3.05) is 19.8 Å². The molecule has 1 heterocycles. The smallest absolute Gasteiger partial charge is 0.222 e. The van der Waals surface area contributed by atoms with E-state index in [1.807, 2.05) is 4.90 Å². The highest BCUT2D eigenvalue weighted by Gasteiger charge is 2.25. The molecule has 0 aromatic heterocycles. The number of carbonyl (C=O) groups is 1. The van der Waals surface area contributed by atoms with Gasteiger partial charge in [0, 0.05) is 30.6 Å². The zero-order chi connectivity index (χ0) is 16.7. The number of amides is 1. The van der Waals surface area contributed by atoms with Crippen LogP contribution in [0.25, 0.3) is 0 Å². The molecule has 1 saturated heterocycles. The van der Waals surface area contributed by atoms with Crippen molar-refractivity contribution in [3.8, 4) is 5.75 Å². The van der Waals surface area contributed by atoms with Gasteiger partial charge < -0.3 is 14.7 Å². The summed E-state index contributed by atoms with van der Waals surface area (Å²) in [6, 6.07) is 5.28.